The van der Waals surface area contributed by atoms with Crippen LogP contribution in [-0.2, 0) is 0 Å². The topological polar surface area (TPSA) is 115 Å². The molecule has 2 aromatic rings. The van der Waals surface area contributed by atoms with Gasteiger partial charge in [0.15, 0.2) is 11.6 Å². The number of benzene rings is 2. The van der Waals surface area contributed by atoms with Gasteiger partial charge in [-0.3, -0.25) is 9.59 Å². The average Bonchev–Trinajstić information content (AvgIpc) is 2.58. The molecular formula is C19H15ClO6. The maximum atomic E-state index is 12.9. The van der Waals surface area contributed by atoms with Crippen LogP contribution in [0.5, 0.6) is 11.5 Å². The van der Waals surface area contributed by atoms with Crippen molar-refractivity contribution >= 4 is 23.2 Å². The molecule has 3 atom stereocenters. The van der Waals surface area contributed by atoms with E-state index in [-0.39, 0.29) is 39.8 Å². The molecule has 134 valence electrons. The monoisotopic (exact) mass is 374 g/mol. The molecule has 0 heterocycles. The van der Waals surface area contributed by atoms with E-state index in [2.05, 4.69) is 0 Å². The van der Waals surface area contributed by atoms with E-state index in [0.717, 1.165) is 0 Å². The molecule has 0 amide bonds. The Labute approximate surface area is 153 Å². The van der Waals surface area contributed by atoms with Crippen LogP contribution < -0.4 is 0 Å². The molecule has 6 nitrogen and oxygen atoms in total. The van der Waals surface area contributed by atoms with Gasteiger partial charge < -0.3 is 20.4 Å². The molecule has 0 radical (unpaired) electrons. The third-order valence-corrected chi connectivity index (χ3v) is 5.82. The number of aliphatic hydroxyl groups is 2. The van der Waals surface area contributed by atoms with E-state index in [4.69, 9.17) is 11.6 Å². The van der Waals surface area contributed by atoms with Gasteiger partial charge >= 0.3 is 0 Å². The molecule has 0 aromatic heterocycles. The van der Waals surface area contributed by atoms with Crippen LogP contribution in [0.15, 0.2) is 24.3 Å². The van der Waals surface area contributed by atoms with E-state index >= 15 is 0 Å². The van der Waals surface area contributed by atoms with Gasteiger partial charge in [-0.05, 0) is 6.92 Å². The molecule has 2 aliphatic rings. The first-order chi connectivity index (χ1) is 12.2. The van der Waals surface area contributed by atoms with Crippen molar-refractivity contribution in [3.05, 3.63) is 57.6 Å². The minimum atomic E-state index is -1.58. The Morgan fingerprint density at radius 1 is 1.00 bits per heavy atom. The Balaban J connectivity index is 2.10. The standard InChI is InChI=1S/C19H15ClO6/c1-19(26)6-9(21)10-13(18(19)20)17(25)12-11(16(10)24)14(22)7-4-2-3-5-8(7)15(12)23/h2-5,9,18,21,24-26H,6H2,1H3/t9-,18+,19+/m0/s1. The van der Waals surface area contributed by atoms with Gasteiger partial charge in [-0.2, -0.15) is 0 Å². The van der Waals surface area contributed by atoms with Gasteiger partial charge in [-0.25, -0.2) is 0 Å². The highest BCUT2D eigenvalue weighted by Crippen LogP contribution is 2.55. The average molecular weight is 375 g/mol. The van der Waals surface area contributed by atoms with E-state index in [1.165, 1.54) is 19.1 Å². The summed E-state index contributed by atoms with van der Waals surface area (Å²) in [6.45, 7) is 1.38. The summed E-state index contributed by atoms with van der Waals surface area (Å²) in [5.41, 5.74) is -2.34. The van der Waals surface area contributed by atoms with Crippen molar-refractivity contribution in [2.45, 2.75) is 30.4 Å². The molecule has 0 saturated heterocycles. The van der Waals surface area contributed by atoms with Crippen molar-refractivity contribution in [3.63, 3.8) is 0 Å². The first-order valence-corrected chi connectivity index (χ1v) is 8.45. The number of fused-ring (bicyclic) bond motifs is 3. The number of phenolic OH excluding ortho intramolecular Hbond substituents is 2. The van der Waals surface area contributed by atoms with Crippen LogP contribution in [0.4, 0.5) is 0 Å². The lowest BCUT2D eigenvalue weighted by molar-refractivity contribution is -0.0133. The molecule has 2 aromatic carbocycles. The van der Waals surface area contributed by atoms with Crippen LogP contribution in [0.25, 0.3) is 0 Å². The Morgan fingerprint density at radius 3 is 1.96 bits per heavy atom. The summed E-state index contributed by atoms with van der Waals surface area (Å²) in [4.78, 5) is 25.7. The van der Waals surface area contributed by atoms with Crippen LogP contribution in [0.2, 0.25) is 0 Å². The number of carbonyl (C=O) groups excluding carboxylic acids is 2. The Morgan fingerprint density at radius 2 is 1.46 bits per heavy atom. The Bertz CT molecular complexity index is 994. The summed E-state index contributed by atoms with van der Waals surface area (Å²) in [5.74, 6) is -2.44. The number of halogens is 1. The van der Waals surface area contributed by atoms with Crippen molar-refractivity contribution < 1.29 is 30.0 Å². The maximum Gasteiger partial charge on any atom is 0.198 e. The molecule has 0 saturated carbocycles. The fourth-order valence-electron chi connectivity index (χ4n) is 3.85. The number of carbonyl (C=O) groups is 2. The summed E-state index contributed by atoms with van der Waals surface area (Å²) in [5, 5.41) is 41.1. The highest BCUT2D eigenvalue weighted by atomic mass is 35.5. The van der Waals surface area contributed by atoms with Gasteiger partial charge in [0.05, 0.1) is 28.2 Å². The Hall–Kier alpha value is -2.41. The molecule has 0 aliphatic heterocycles. The highest BCUT2D eigenvalue weighted by Gasteiger charge is 2.48. The molecule has 2 aliphatic carbocycles. The second-order valence-electron chi connectivity index (χ2n) is 6.92. The van der Waals surface area contributed by atoms with Gasteiger partial charge in [-0.1, -0.05) is 24.3 Å². The normalized spacial score (nSPS) is 26.9. The maximum absolute atomic E-state index is 12.9. The number of rotatable bonds is 0. The van der Waals surface area contributed by atoms with Crippen LogP contribution >= 0.6 is 11.6 Å². The molecule has 7 heteroatoms. The predicted molar refractivity (Wildman–Crippen MR) is 91.9 cm³/mol. The largest absolute Gasteiger partial charge is 0.507 e. The summed E-state index contributed by atoms with van der Waals surface area (Å²) >= 11 is 6.28. The van der Waals surface area contributed by atoms with Crippen molar-refractivity contribution in [1.29, 1.82) is 0 Å². The van der Waals surface area contributed by atoms with E-state index in [1.54, 1.807) is 12.1 Å². The lowest BCUT2D eigenvalue weighted by atomic mass is 9.73. The number of aliphatic hydroxyl groups excluding tert-OH is 1. The Kier molecular flexibility index (Phi) is 3.47. The fourth-order valence-corrected chi connectivity index (χ4v) is 4.16. The van der Waals surface area contributed by atoms with Gasteiger partial charge in [-0.15, -0.1) is 11.6 Å². The second-order valence-corrected chi connectivity index (χ2v) is 7.35. The minimum absolute atomic E-state index is 0.105. The molecule has 0 bridgehead atoms. The van der Waals surface area contributed by atoms with Crippen LogP contribution in [0.1, 0.15) is 67.8 Å². The van der Waals surface area contributed by atoms with Crippen molar-refractivity contribution in [3.8, 4) is 11.5 Å². The van der Waals surface area contributed by atoms with E-state index in [9.17, 15) is 30.0 Å². The first kappa shape index (κ1) is 17.0. The number of ketones is 2. The van der Waals surface area contributed by atoms with Crippen LogP contribution in [0.3, 0.4) is 0 Å². The van der Waals surface area contributed by atoms with E-state index in [1.807, 2.05) is 0 Å². The number of hydrogen-bond acceptors (Lipinski definition) is 6. The van der Waals surface area contributed by atoms with Crippen LogP contribution in [0, 0.1) is 0 Å². The number of alkyl halides is 1. The summed E-state index contributed by atoms with van der Waals surface area (Å²) in [6, 6.07) is 6.09. The third-order valence-electron chi connectivity index (χ3n) is 5.13. The molecule has 0 unspecified atom stereocenters. The smallest absolute Gasteiger partial charge is 0.198 e. The highest BCUT2D eigenvalue weighted by molar-refractivity contribution is 6.31. The zero-order chi connectivity index (χ0) is 19.0. The molecule has 4 rings (SSSR count). The zero-order valence-corrected chi connectivity index (χ0v) is 14.4. The molecule has 26 heavy (non-hydrogen) atoms. The molecule has 0 fully saturated rings. The lowest BCUT2D eigenvalue weighted by Crippen LogP contribution is -2.37. The molecule has 0 spiro atoms. The fraction of sp³-hybridized carbons (Fsp3) is 0.263. The number of phenols is 2. The number of hydrogen-bond donors (Lipinski definition) is 4. The van der Waals surface area contributed by atoms with Crippen molar-refractivity contribution in [2.24, 2.45) is 0 Å². The summed E-state index contributed by atoms with van der Waals surface area (Å²) in [7, 11) is 0. The predicted octanol–water partition coefficient (Wildman–Crippen LogP) is 2.34. The minimum Gasteiger partial charge on any atom is -0.507 e. The van der Waals surface area contributed by atoms with Crippen LogP contribution in [-0.4, -0.2) is 37.6 Å². The SMILES string of the molecule is C[C@@]1(O)C[C@H](O)c2c(O)c3c(c(O)c2[C@H]1Cl)C(=O)c1ccccc1C3=O. The summed E-state index contributed by atoms with van der Waals surface area (Å²) < 4.78 is 0. The summed E-state index contributed by atoms with van der Waals surface area (Å²) in [6.07, 6.45) is -1.55. The van der Waals surface area contributed by atoms with Gasteiger partial charge in [0.25, 0.3) is 0 Å². The van der Waals surface area contributed by atoms with Crippen molar-refractivity contribution in [1.82, 2.24) is 0 Å². The first-order valence-electron chi connectivity index (χ1n) is 8.01. The zero-order valence-electron chi connectivity index (χ0n) is 13.7. The van der Waals surface area contributed by atoms with Gasteiger partial charge in [0, 0.05) is 28.7 Å². The third kappa shape index (κ3) is 2.00. The second kappa shape index (κ2) is 5.30. The van der Waals surface area contributed by atoms with Gasteiger partial charge in [0.2, 0.25) is 0 Å². The quantitative estimate of drug-likeness (QED) is 0.354. The molecule has 4 N–H and O–H groups in total. The van der Waals surface area contributed by atoms with E-state index < -0.39 is 40.1 Å². The van der Waals surface area contributed by atoms with E-state index in [0.29, 0.717) is 0 Å². The van der Waals surface area contributed by atoms with Crippen molar-refractivity contribution in [2.75, 3.05) is 0 Å². The number of aromatic hydroxyl groups is 2. The lowest BCUT2D eigenvalue weighted by Gasteiger charge is -2.39. The van der Waals surface area contributed by atoms with Gasteiger partial charge in [0.1, 0.15) is 11.5 Å². The molecular weight excluding hydrogens is 360 g/mol.